The summed E-state index contributed by atoms with van der Waals surface area (Å²) in [7, 11) is 0. The van der Waals surface area contributed by atoms with Gasteiger partial charge in [-0.05, 0) is 74.2 Å². The quantitative estimate of drug-likeness (QED) is 0.176. The zero-order valence-electron chi connectivity index (χ0n) is 24.1. The Morgan fingerprint density at radius 2 is 0.947 bits per heavy atom. The Balaban J connectivity index is 1.31. The Morgan fingerprint density at radius 1 is 0.553 bits per heavy atom. The van der Waals surface area contributed by atoms with Crippen LogP contribution >= 0.6 is 0 Å². The molecule has 2 aliphatic heterocycles. The molecule has 2 nitrogen and oxygen atoms in total. The fraction of sp³-hybridized carbons (Fsp3) is 0.389. The van der Waals surface area contributed by atoms with Crippen LogP contribution in [0, 0.1) is 0 Å². The van der Waals surface area contributed by atoms with E-state index in [0.29, 0.717) is 0 Å². The first-order valence-electron chi connectivity index (χ1n) is 14.6. The smallest absolute Gasteiger partial charge is 0.199 e. The highest BCUT2D eigenvalue weighted by Crippen LogP contribution is 2.49. The van der Waals surface area contributed by atoms with E-state index in [2.05, 4.69) is 123 Å². The molecule has 38 heavy (non-hydrogen) atoms. The molecule has 0 fully saturated rings. The van der Waals surface area contributed by atoms with Crippen LogP contribution in [0.25, 0.3) is 21.5 Å². The van der Waals surface area contributed by atoms with Crippen LogP contribution in [-0.2, 0) is 10.8 Å². The zero-order valence-corrected chi connectivity index (χ0v) is 24.1. The van der Waals surface area contributed by atoms with Crippen molar-refractivity contribution in [1.29, 1.82) is 0 Å². The maximum absolute atomic E-state index is 2.56. The highest BCUT2D eigenvalue weighted by Gasteiger charge is 2.48. The summed E-state index contributed by atoms with van der Waals surface area (Å²) in [5, 5.41) is 5.56. The van der Waals surface area contributed by atoms with Crippen LogP contribution in [0.1, 0.15) is 78.4 Å². The first-order chi connectivity index (χ1) is 18.3. The highest BCUT2D eigenvalue weighted by molar-refractivity contribution is 6.03. The van der Waals surface area contributed by atoms with E-state index in [1.807, 2.05) is 0 Å². The Hall–Kier alpha value is -3.26. The Morgan fingerprint density at radius 3 is 1.34 bits per heavy atom. The van der Waals surface area contributed by atoms with E-state index in [1.165, 1.54) is 70.0 Å². The lowest BCUT2D eigenvalue weighted by molar-refractivity contribution is -0.434. The molecule has 4 aromatic carbocycles. The van der Waals surface area contributed by atoms with Crippen molar-refractivity contribution < 1.29 is 9.15 Å². The molecule has 0 aliphatic carbocycles. The van der Waals surface area contributed by atoms with Crippen LogP contribution in [0.15, 0.2) is 72.8 Å². The summed E-state index contributed by atoms with van der Waals surface area (Å²) in [6, 6.07) is 27.2. The molecule has 0 spiro atoms. The van der Waals surface area contributed by atoms with Gasteiger partial charge >= 0.3 is 0 Å². The Labute approximate surface area is 228 Å². The maximum atomic E-state index is 2.56. The second-order valence-corrected chi connectivity index (χ2v) is 11.9. The summed E-state index contributed by atoms with van der Waals surface area (Å²) in [6.45, 7) is 16.4. The van der Waals surface area contributed by atoms with Crippen molar-refractivity contribution in [1.82, 2.24) is 0 Å². The van der Waals surface area contributed by atoms with Gasteiger partial charge in [0, 0.05) is 37.1 Å². The predicted octanol–water partition coefficient (Wildman–Crippen LogP) is 9.05. The van der Waals surface area contributed by atoms with Gasteiger partial charge < -0.3 is 0 Å². The lowest BCUT2D eigenvalue weighted by Gasteiger charge is -2.26. The predicted molar refractivity (Wildman–Crippen MR) is 163 cm³/mol. The van der Waals surface area contributed by atoms with Crippen molar-refractivity contribution in [2.45, 2.75) is 78.1 Å². The minimum Gasteiger partial charge on any atom is -0.199 e. The van der Waals surface area contributed by atoms with Gasteiger partial charge in [-0.2, -0.15) is 9.15 Å². The summed E-state index contributed by atoms with van der Waals surface area (Å²) in [5.41, 5.74) is 9.07. The fourth-order valence-electron chi connectivity index (χ4n) is 7.83. The molecule has 194 valence electrons. The molecule has 0 saturated heterocycles. The average Bonchev–Trinajstić information content (AvgIpc) is 3.30. The molecular formula is C36H42N2+2. The van der Waals surface area contributed by atoms with Gasteiger partial charge in [-0.25, -0.2) is 0 Å². The first kappa shape index (κ1) is 25.0. The summed E-state index contributed by atoms with van der Waals surface area (Å²) >= 11 is 0. The van der Waals surface area contributed by atoms with E-state index >= 15 is 0 Å². The molecule has 0 radical (unpaired) electrons. The van der Waals surface area contributed by atoms with Gasteiger partial charge in [-0.1, -0.05) is 61.4 Å². The van der Waals surface area contributed by atoms with Gasteiger partial charge in [-0.3, -0.25) is 0 Å². The summed E-state index contributed by atoms with van der Waals surface area (Å²) in [4.78, 5) is 0. The standard InChI is InChI=1S/C36H42N2/c1-7-37-25(3)35(5,33-29-17-11-9-15-27(29)19-21-31(33)37)23-13-14-24-36(6)26(4)38(8-2)32-22-20-28-16-10-12-18-30(28)34(32)36/h9-12,15-22H,7-8,13-14,23-24H2,1-6H3/q+2. The second kappa shape index (κ2) is 9.19. The third-order valence-corrected chi connectivity index (χ3v) is 10.1. The van der Waals surface area contributed by atoms with Crippen LogP contribution in [0.4, 0.5) is 11.4 Å². The molecular weight excluding hydrogens is 460 g/mol. The van der Waals surface area contributed by atoms with Crippen LogP contribution in [0.3, 0.4) is 0 Å². The molecule has 0 amide bonds. The maximum Gasteiger partial charge on any atom is 0.210 e. The summed E-state index contributed by atoms with van der Waals surface area (Å²) in [5.74, 6) is 0. The number of benzene rings is 4. The molecule has 4 aromatic rings. The minimum absolute atomic E-state index is 0.0710. The van der Waals surface area contributed by atoms with Gasteiger partial charge in [-0.15, -0.1) is 0 Å². The molecule has 6 rings (SSSR count). The van der Waals surface area contributed by atoms with E-state index in [0.717, 1.165) is 13.1 Å². The highest BCUT2D eigenvalue weighted by atomic mass is 15.1. The van der Waals surface area contributed by atoms with Gasteiger partial charge in [0.1, 0.15) is 13.1 Å². The lowest BCUT2D eigenvalue weighted by atomic mass is 9.71. The Kier molecular flexibility index (Phi) is 6.05. The Bertz CT molecular complexity index is 1520. The van der Waals surface area contributed by atoms with Crippen molar-refractivity contribution in [3.63, 3.8) is 0 Å². The number of fused-ring (bicyclic) bond motifs is 6. The first-order valence-corrected chi connectivity index (χ1v) is 14.6. The fourth-order valence-corrected chi connectivity index (χ4v) is 7.83. The molecule has 2 aliphatic rings. The molecule has 0 N–H and O–H groups in total. The number of nitrogens with zero attached hydrogens (tertiary/aromatic N) is 2. The average molecular weight is 503 g/mol. The normalized spacial score (nSPS) is 22.6. The van der Waals surface area contributed by atoms with Crippen molar-refractivity contribution in [3.8, 4) is 0 Å². The van der Waals surface area contributed by atoms with Gasteiger partial charge in [0.2, 0.25) is 11.4 Å². The SMILES string of the molecule is CC[N+]1=C(C)C(C)(CCCCC2(C)C(C)=[N+](CC)c3ccc4ccccc4c32)c2c1ccc1ccccc21. The number of unbranched alkanes of at least 4 members (excludes halogenated alkanes) is 1. The van der Waals surface area contributed by atoms with Crippen molar-refractivity contribution in [3.05, 3.63) is 83.9 Å². The molecule has 2 heterocycles. The van der Waals surface area contributed by atoms with Gasteiger partial charge in [0.15, 0.2) is 11.4 Å². The summed E-state index contributed by atoms with van der Waals surface area (Å²) < 4.78 is 5.11. The van der Waals surface area contributed by atoms with E-state index in [1.54, 1.807) is 11.1 Å². The lowest BCUT2D eigenvalue weighted by Crippen LogP contribution is -2.32. The van der Waals surface area contributed by atoms with E-state index < -0.39 is 0 Å². The van der Waals surface area contributed by atoms with Crippen LogP contribution in [-0.4, -0.2) is 33.7 Å². The molecule has 0 saturated carbocycles. The van der Waals surface area contributed by atoms with E-state index in [4.69, 9.17) is 0 Å². The molecule has 2 heteroatoms. The van der Waals surface area contributed by atoms with Gasteiger partial charge in [0.25, 0.3) is 0 Å². The molecule has 0 bridgehead atoms. The van der Waals surface area contributed by atoms with Crippen molar-refractivity contribution >= 4 is 44.3 Å². The van der Waals surface area contributed by atoms with E-state index in [9.17, 15) is 0 Å². The van der Waals surface area contributed by atoms with Crippen molar-refractivity contribution in [2.75, 3.05) is 13.1 Å². The number of rotatable bonds is 7. The number of hydrogen-bond acceptors (Lipinski definition) is 0. The largest absolute Gasteiger partial charge is 0.210 e. The van der Waals surface area contributed by atoms with Gasteiger partial charge in [0.05, 0.1) is 10.8 Å². The third kappa shape index (κ3) is 3.45. The van der Waals surface area contributed by atoms with Crippen LogP contribution in [0.2, 0.25) is 0 Å². The topological polar surface area (TPSA) is 6.02 Å². The molecule has 2 unspecified atom stereocenters. The summed E-state index contributed by atoms with van der Waals surface area (Å²) in [6.07, 6.45) is 4.82. The molecule has 0 aromatic heterocycles. The molecule has 2 atom stereocenters. The third-order valence-electron chi connectivity index (χ3n) is 10.1. The van der Waals surface area contributed by atoms with Crippen molar-refractivity contribution in [2.24, 2.45) is 0 Å². The number of hydrogen-bond donors (Lipinski definition) is 0. The van der Waals surface area contributed by atoms with Crippen LogP contribution in [0.5, 0.6) is 0 Å². The van der Waals surface area contributed by atoms with E-state index in [-0.39, 0.29) is 10.8 Å². The minimum atomic E-state index is 0.0710. The monoisotopic (exact) mass is 502 g/mol. The second-order valence-electron chi connectivity index (χ2n) is 11.9. The van der Waals surface area contributed by atoms with Crippen LogP contribution < -0.4 is 0 Å². The zero-order chi connectivity index (χ0) is 26.7.